The molecule has 0 bridgehead atoms. The molecule has 2 unspecified atom stereocenters. The number of urea groups is 1. The molecule has 0 fully saturated rings. The lowest BCUT2D eigenvalue weighted by molar-refractivity contribution is -0.150. The normalized spacial score (nSPS) is 12.3. The molecule has 2 heterocycles. The van der Waals surface area contributed by atoms with E-state index in [9.17, 15) is 83.4 Å². The number of hydrogen-bond acceptors (Lipinski definition) is 14. The lowest BCUT2D eigenvalue weighted by atomic mass is 9.78. The van der Waals surface area contributed by atoms with Gasteiger partial charge >= 0.3 is 47.8 Å². The second-order valence-electron chi connectivity index (χ2n) is 16.8. The molecular formula is C40H58N10O18. The maximum absolute atomic E-state index is 13.7. The van der Waals surface area contributed by atoms with E-state index in [0.29, 0.717) is 9.80 Å². The molecule has 2 rings (SSSR count). The van der Waals surface area contributed by atoms with Crippen molar-refractivity contribution in [1.82, 2.24) is 49.8 Å². The summed E-state index contributed by atoms with van der Waals surface area (Å²) < 4.78 is 2.75. The topological polar surface area (TPSA) is 411 Å². The van der Waals surface area contributed by atoms with E-state index in [1.165, 1.54) is 33.9 Å². The van der Waals surface area contributed by atoms with Crippen molar-refractivity contribution in [2.24, 2.45) is 5.41 Å². The van der Waals surface area contributed by atoms with Gasteiger partial charge in [-0.3, -0.25) is 43.3 Å². The highest BCUT2D eigenvalue weighted by Crippen LogP contribution is 2.34. The zero-order chi connectivity index (χ0) is 51.5. The summed E-state index contributed by atoms with van der Waals surface area (Å²) in [7, 11) is 0. The Morgan fingerprint density at radius 1 is 0.603 bits per heavy atom. The summed E-state index contributed by atoms with van der Waals surface area (Å²) in [5, 5.41) is 71.9. The Hall–Kier alpha value is -7.65. The molecule has 2 aromatic rings. The zero-order valence-electron chi connectivity index (χ0n) is 37.8. The van der Waals surface area contributed by atoms with E-state index in [1.54, 1.807) is 32.6 Å². The van der Waals surface area contributed by atoms with Crippen molar-refractivity contribution >= 4 is 65.5 Å². The van der Waals surface area contributed by atoms with Crippen LogP contribution in [0.15, 0.2) is 24.8 Å². The van der Waals surface area contributed by atoms with Crippen LogP contribution in [0.25, 0.3) is 0 Å². The number of unbranched alkanes of at least 4 members (excludes halogenated alkanes) is 1. The van der Waals surface area contributed by atoms with Gasteiger partial charge in [0.25, 0.3) is 0 Å². The first-order valence-corrected chi connectivity index (χ1v) is 20.8. The Balaban J connectivity index is 2.31. The average molecular weight is 967 g/mol. The minimum Gasteiger partial charge on any atom is -0.481 e. The number of nitrogens with one attached hydrogen (secondary N) is 3. The molecule has 0 aliphatic heterocycles. The van der Waals surface area contributed by atoms with Crippen molar-refractivity contribution in [3.63, 3.8) is 0 Å². The summed E-state index contributed by atoms with van der Waals surface area (Å²) >= 11 is 0. The van der Waals surface area contributed by atoms with Crippen molar-refractivity contribution in [2.75, 3.05) is 32.7 Å². The molecule has 0 saturated heterocycles. The highest BCUT2D eigenvalue weighted by atomic mass is 16.4. The van der Waals surface area contributed by atoms with Crippen LogP contribution < -0.4 is 16.0 Å². The molecule has 28 nitrogen and oxygen atoms in total. The van der Waals surface area contributed by atoms with Gasteiger partial charge in [-0.25, -0.2) is 24.4 Å². The number of nitrogens with zero attached hydrogens (tertiary/aromatic N) is 7. The molecule has 0 saturated carbocycles. The van der Waals surface area contributed by atoms with Gasteiger partial charge in [0.2, 0.25) is 17.7 Å². The van der Waals surface area contributed by atoms with Crippen molar-refractivity contribution in [1.29, 1.82) is 0 Å². The van der Waals surface area contributed by atoms with E-state index in [2.05, 4.69) is 20.6 Å². The lowest BCUT2D eigenvalue weighted by Crippen LogP contribution is -2.51. The number of carbonyl (C=O) groups is 11. The van der Waals surface area contributed by atoms with Gasteiger partial charge in [0.15, 0.2) is 0 Å². The van der Waals surface area contributed by atoms with Crippen molar-refractivity contribution in [3.8, 4) is 0 Å². The Morgan fingerprint density at radius 3 is 1.40 bits per heavy atom. The van der Waals surface area contributed by atoms with Gasteiger partial charge in [-0.15, -0.1) is 0 Å². The van der Waals surface area contributed by atoms with Gasteiger partial charge in [-0.1, -0.05) is 13.8 Å². The number of carbonyl (C=O) groups excluding carboxylic acids is 4. The van der Waals surface area contributed by atoms with Crippen LogP contribution in [0.1, 0.15) is 77.9 Å². The van der Waals surface area contributed by atoms with Crippen LogP contribution in [0, 0.1) is 5.41 Å². The Kier molecular flexibility index (Phi) is 21.5. The molecule has 5 amide bonds. The van der Waals surface area contributed by atoms with Crippen LogP contribution in [0.4, 0.5) is 4.79 Å². The highest BCUT2D eigenvalue weighted by Gasteiger charge is 2.39. The highest BCUT2D eigenvalue weighted by molar-refractivity contribution is 5.87. The fourth-order valence-electron chi connectivity index (χ4n) is 7.03. The average Bonchev–Trinajstić information content (AvgIpc) is 3.84. The predicted octanol–water partition coefficient (Wildman–Crippen LogP) is -1.37. The summed E-state index contributed by atoms with van der Waals surface area (Å²) in [5.41, 5.74) is -2.15. The maximum Gasteiger partial charge on any atom is 0.326 e. The second-order valence-corrected chi connectivity index (χ2v) is 16.8. The fraction of sp³-hybridized carbons (Fsp3) is 0.575. The van der Waals surface area contributed by atoms with Crippen molar-refractivity contribution in [2.45, 2.75) is 110 Å². The largest absolute Gasteiger partial charge is 0.481 e. The van der Waals surface area contributed by atoms with E-state index in [4.69, 9.17) is 5.11 Å². The quantitative estimate of drug-likeness (QED) is 0.0378. The fourth-order valence-corrected chi connectivity index (χ4v) is 7.03. The monoisotopic (exact) mass is 966 g/mol. The number of carboxylic acid groups (broad SMARTS) is 7. The molecule has 376 valence electrons. The molecule has 0 aliphatic carbocycles. The van der Waals surface area contributed by atoms with Crippen LogP contribution in [0.2, 0.25) is 0 Å². The molecular weight excluding hydrogens is 908 g/mol. The third-order valence-corrected chi connectivity index (χ3v) is 10.3. The van der Waals surface area contributed by atoms with Gasteiger partial charge in [0.1, 0.15) is 63.0 Å². The van der Waals surface area contributed by atoms with Crippen LogP contribution in [0.5, 0.6) is 0 Å². The molecule has 2 aromatic heterocycles. The minimum absolute atomic E-state index is 0.0691. The molecule has 10 N–H and O–H groups in total. The first kappa shape index (κ1) is 56.5. The van der Waals surface area contributed by atoms with Gasteiger partial charge in [-0.2, -0.15) is 0 Å². The second kappa shape index (κ2) is 25.9. The number of rotatable bonds is 32. The summed E-state index contributed by atoms with van der Waals surface area (Å²) in [6.07, 6.45) is 4.95. The van der Waals surface area contributed by atoms with Gasteiger partial charge in [0.05, 0.1) is 13.1 Å². The summed E-state index contributed by atoms with van der Waals surface area (Å²) in [5.74, 6) is -11.7. The number of aromatic nitrogens is 4. The van der Waals surface area contributed by atoms with Crippen LogP contribution in [-0.2, 0) is 74.1 Å². The van der Waals surface area contributed by atoms with Crippen LogP contribution >= 0.6 is 0 Å². The molecule has 0 radical (unpaired) electrons. The van der Waals surface area contributed by atoms with E-state index < -0.39 is 141 Å². The molecule has 0 aromatic carbocycles. The minimum atomic E-state index is -1.58. The molecule has 0 spiro atoms. The van der Waals surface area contributed by atoms with E-state index >= 15 is 0 Å². The van der Waals surface area contributed by atoms with Crippen LogP contribution in [-0.4, -0.2) is 185 Å². The van der Waals surface area contributed by atoms with Crippen molar-refractivity contribution in [3.05, 3.63) is 36.4 Å². The summed E-state index contributed by atoms with van der Waals surface area (Å²) in [6, 6.07) is -4.17. The van der Waals surface area contributed by atoms with Crippen LogP contribution in [0.3, 0.4) is 0 Å². The van der Waals surface area contributed by atoms with Crippen molar-refractivity contribution < 1.29 is 88.5 Å². The lowest BCUT2D eigenvalue weighted by Gasteiger charge is -2.42. The first-order valence-electron chi connectivity index (χ1n) is 20.8. The number of carboxylic acids is 7. The van der Waals surface area contributed by atoms with Gasteiger partial charge in [-0.05, 0) is 46.0 Å². The molecule has 28 heteroatoms. The summed E-state index contributed by atoms with van der Waals surface area (Å²) in [6.45, 7) is 2.16. The van der Waals surface area contributed by atoms with E-state index in [-0.39, 0.29) is 57.0 Å². The first-order chi connectivity index (χ1) is 31.6. The Bertz CT molecular complexity index is 2050. The molecule has 0 aliphatic rings. The maximum atomic E-state index is 13.7. The number of hydrogen-bond donors (Lipinski definition) is 10. The van der Waals surface area contributed by atoms with Gasteiger partial charge < -0.3 is 70.6 Å². The standard InChI is InChI=1S/C40H58N10O18/c1-39(2,37(67)43-10-6-5-7-24(35(63)64)44-38(68)45-25(36(65)66)8-9-30(53)54)23-40(3,4)50(15-26-41-11-13-46(26)17-28(51)48(19-31(55)56)20-32(57)58)16-27-42-12-14-47(27)18-29(52)49(21-33(59)60)22-34(61)62/h11-14,24-25H,5-10,15-23H2,1-4H3,(H,43,67)(H,53,54)(H,55,56)(H,57,58)(H,59,60)(H,61,62)(H,63,64)(H,65,66)(H2,44,45,68). The Labute approximate surface area is 387 Å². The third kappa shape index (κ3) is 19.4. The molecule has 68 heavy (non-hydrogen) atoms. The summed E-state index contributed by atoms with van der Waals surface area (Å²) in [4.78, 5) is 144. The zero-order valence-corrected chi connectivity index (χ0v) is 37.8. The van der Waals surface area contributed by atoms with E-state index in [0.717, 1.165) is 0 Å². The Morgan fingerprint density at radius 2 is 1.01 bits per heavy atom. The molecule has 2 atom stereocenters. The number of imidazole rings is 2. The number of amides is 5. The SMILES string of the molecule is CC(C)(CC(C)(C)N(Cc1nccn1CC(=O)N(CC(=O)O)CC(=O)O)Cc1nccn1CC(=O)N(CC(=O)O)CC(=O)O)C(=O)NCCCCC(NC(=O)NC(CCC(=O)O)C(=O)O)C(=O)O. The van der Waals surface area contributed by atoms with E-state index in [1.807, 2.05) is 5.32 Å². The van der Waals surface area contributed by atoms with Gasteiger partial charge in [0, 0.05) is 48.7 Å². The third-order valence-electron chi connectivity index (χ3n) is 10.3. The number of aliphatic carboxylic acids is 7. The smallest absolute Gasteiger partial charge is 0.326 e. The predicted molar refractivity (Wildman–Crippen MR) is 228 cm³/mol.